The molecular formula is C13H29N3O3S. The fourth-order valence-electron chi connectivity index (χ4n) is 2.01. The van der Waals surface area contributed by atoms with Crippen LogP contribution in [0.3, 0.4) is 0 Å². The van der Waals surface area contributed by atoms with Crippen molar-refractivity contribution in [1.29, 1.82) is 0 Å². The molecule has 0 unspecified atom stereocenters. The monoisotopic (exact) mass is 307 g/mol. The molecule has 0 aromatic heterocycles. The molecule has 120 valence electrons. The van der Waals surface area contributed by atoms with Gasteiger partial charge in [-0.1, -0.05) is 0 Å². The average molecular weight is 307 g/mol. The van der Waals surface area contributed by atoms with Gasteiger partial charge in [-0.15, -0.1) is 0 Å². The normalized spacial score (nSPS) is 16.6. The maximum Gasteiger partial charge on any atom is 0.282 e. The molecule has 0 amide bonds. The summed E-state index contributed by atoms with van der Waals surface area (Å²) < 4.78 is 32.9. The second-order valence-corrected chi connectivity index (χ2v) is 7.60. The van der Waals surface area contributed by atoms with Gasteiger partial charge in [0.2, 0.25) is 0 Å². The van der Waals surface area contributed by atoms with Crippen LogP contribution in [0.1, 0.15) is 33.1 Å². The Morgan fingerprint density at radius 1 is 1.30 bits per heavy atom. The van der Waals surface area contributed by atoms with Gasteiger partial charge in [-0.05, 0) is 39.7 Å². The summed E-state index contributed by atoms with van der Waals surface area (Å²) in [6, 6.07) is 0.605. The SMILES string of the molecule is COCCN(C(C)C)S(=O)(=O)N(C)CCCNC1CC1. The molecule has 1 fully saturated rings. The lowest BCUT2D eigenvalue weighted by Crippen LogP contribution is -2.47. The lowest BCUT2D eigenvalue weighted by Gasteiger charge is -2.30. The topological polar surface area (TPSA) is 61.9 Å². The summed E-state index contributed by atoms with van der Waals surface area (Å²) in [7, 11) is -0.170. The summed E-state index contributed by atoms with van der Waals surface area (Å²) in [4.78, 5) is 0. The molecule has 6 nitrogen and oxygen atoms in total. The highest BCUT2D eigenvalue weighted by molar-refractivity contribution is 7.86. The average Bonchev–Trinajstić information content (AvgIpc) is 3.18. The minimum Gasteiger partial charge on any atom is -0.383 e. The fraction of sp³-hybridized carbons (Fsp3) is 1.00. The molecule has 0 atom stereocenters. The number of nitrogens with one attached hydrogen (secondary N) is 1. The van der Waals surface area contributed by atoms with Crippen LogP contribution < -0.4 is 5.32 Å². The summed E-state index contributed by atoms with van der Waals surface area (Å²) >= 11 is 0. The number of nitrogens with zero attached hydrogens (tertiary/aromatic N) is 2. The van der Waals surface area contributed by atoms with Crippen molar-refractivity contribution in [3.05, 3.63) is 0 Å². The van der Waals surface area contributed by atoms with E-state index in [1.807, 2.05) is 13.8 Å². The van der Waals surface area contributed by atoms with Crippen LogP contribution in [0.5, 0.6) is 0 Å². The van der Waals surface area contributed by atoms with Crippen molar-refractivity contribution in [2.75, 3.05) is 40.4 Å². The zero-order valence-electron chi connectivity index (χ0n) is 13.1. The van der Waals surface area contributed by atoms with Gasteiger partial charge in [0.25, 0.3) is 10.2 Å². The Balaban J connectivity index is 2.44. The number of methoxy groups -OCH3 is 1. The van der Waals surface area contributed by atoms with Crippen LogP contribution in [0.2, 0.25) is 0 Å². The molecule has 20 heavy (non-hydrogen) atoms. The Labute approximate surface area is 123 Å². The Kier molecular flexibility index (Phi) is 7.39. The van der Waals surface area contributed by atoms with E-state index in [-0.39, 0.29) is 6.04 Å². The van der Waals surface area contributed by atoms with E-state index in [1.54, 1.807) is 14.2 Å². The first kappa shape index (κ1) is 17.8. The van der Waals surface area contributed by atoms with Crippen LogP contribution >= 0.6 is 0 Å². The molecule has 0 aliphatic heterocycles. The molecule has 0 bridgehead atoms. The molecule has 0 heterocycles. The second kappa shape index (κ2) is 8.29. The van der Waals surface area contributed by atoms with Crippen molar-refractivity contribution in [3.63, 3.8) is 0 Å². The zero-order valence-corrected chi connectivity index (χ0v) is 13.9. The third kappa shape index (κ3) is 5.65. The fourth-order valence-corrected chi connectivity index (χ4v) is 3.57. The number of ether oxygens (including phenoxy) is 1. The largest absolute Gasteiger partial charge is 0.383 e. The van der Waals surface area contributed by atoms with E-state index < -0.39 is 10.2 Å². The van der Waals surface area contributed by atoms with Crippen LogP contribution in [-0.2, 0) is 14.9 Å². The van der Waals surface area contributed by atoms with Gasteiger partial charge in [0.05, 0.1) is 6.61 Å². The Morgan fingerprint density at radius 2 is 1.95 bits per heavy atom. The highest BCUT2D eigenvalue weighted by Gasteiger charge is 2.28. The maximum atomic E-state index is 12.5. The summed E-state index contributed by atoms with van der Waals surface area (Å²) in [6.45, 7) is 5.99. The summed E-state index contributed by atoms with van der Waals surface area (Å²) in [5.41, 5.74) is 0. The van der Waals surface area contributed by atoms with Gasteiger partial charge in [0.1, 0.15) is 0 Å². The predicted octanol–water partition coefficient (Wildman–Crippen LogP) is 0.662. The minimum absolute atomic E-state index is 0.0674. The number of hydrogen-bond donors (Lipinski definition) is 1. The number of hydrogen-bond acceptors (Lipinski definition) is 4. The van der Waals surface area contributed by atoms with Gasteiger partial charge in [-0.3, -0.25) is 0 Å². The third-order valence-electron chi connectivity index (χ3n) is 3.44. The molecule has 1 N–H and O–H groups in total. The van der Waals surface area contributed by atoms with Gasteiger partial charge in [-0.25, -0.2) is 0 Å². The van der Waals surface area contributed by atoms with Crippen molar-refractivity contribution >= 4 is 10.2 Å². The predicted molar refractivity (Wildman–Crippen MR) is 80.9 cm³/mol. The van der Waals surface area contributed by atoms with Crippen LogP contribution in [0.15, 0.2) is 0 Å². The van der Waals surface area contributed by atoms with E-state index in [1.165, 1.54) is 21.5 Å². The molecule has 0 aromatic carbocycles. The minimum atomic E-state index is -3.40. The molecular weight excluding hydrogens is 278 g/mol. The molecule has 1 rings (SSSR count). The lowest BCUT2D eigenvalue weighted by molar-refractivity contribution is 0.167. The molecule has 1 aliphatic carbocycles. The van der Waals surface area contributed by atoms with E-state index in [0.717, 1.165) is 13.0 Å². The van der Waals surface area contributed by atoms with Crippen molar-refractivity contribution in [2.45, 2.75) is 45.2 Å². The first-order valence-corrected chi connectivity index (χ1v) is 8.74. The summed E-state index contributed by atoms with van der Waals surface area (Å²) in [6.07, 6.45) is 3.35. The standard InChI is InChI=1S/C13H29N3O3S/c1-12(2)16(10-11-19-4)20(17,18)15(3)9-5-8-14-13-6-7-13/h12-14H,5-11H2,1-4H3. The molecule has 1 saturated carbocycles. The van der Waals surface area contributed by atoms with E-state index in [4.69, 9.17) is 4.74 Å². The van der Waals surface area contributed by atoms with Gasteiger partial charge >= 0.3 is 0 Å². The van der Waals surface area contributed by atoms with Gasteiger partial charge in [0, 0.05) is 39.3 Å². The molecule has 0 radical (unpaired) electrons. The van der Waals surface area contributed by atoms with Gasteiger partial charge < -0.3 is 10.1 Å². The zero-order chi connectivity index (χ0) is 15.2. The highest BCUT2D eigenvalue weighted by Crippen LogP contribution is 2.18. The summed E-state index contributed by atoms with van der Waals surface area (Å²) in [5.74, 6) is 0. The molecule has 0 aromatic rings. The second-order valence-electron chi connectivity index (χ2n) is 5.61. The van der Waals surface area contributed by atoms with Crippen LogP contribution in [0, 0.1) is 0 Å². The smallest absolute Gasteiger partial charge is 0.282 e. The lowest BCUT2D eigenvalue weighted by atomic mass is 10.4. The summed E-state index contributed by atoms with van der Waals surface area (Å²) in [5, 5.41) is 3.39. The van der Waals surface area contributed by atoms with Crippen molar-refractivity contribution < 1.29 is 13.2 Å². The molecule has 7 heteroatoms. The maximum absolute atomic E-state index is 12.5. The third-order valence-corrected chi connectivity index (χ3v) is 5.61. The Hall–Kier alpha value is -0.210. The highest BCUT2D eigenvalue weighted by atomic mass is 32.2. The van der Waals surface area contributed by atoms with Crippen molar-refractivity contribution in [2.24, 2.45) is 0 Å². The molecule has 0 saturated heterocycles. The first-order chi connectivity index (χ1) is 9.39. The van der Waals surface area contributed by atoms with E-state index in [0.29, 0.717) is 25.7 Å². The van der Waals surface area contributed by atoms with Crippen molar-refractivity contribution in [1.82, 2.24) is 13.9 Å². The quantitative estimate of drug-likeness (QED) is 0.570. The van der Waals surface area contributed by atoms with Crippen LogP contribution in [-0.4, -0.2) is 69.5 Å². The van der Waals surface area contributed by atoms with Crippen LogP contribution in [0.25, 0.3) is 0 Å². The van der Waals surface area contributed by atoms with Gasteiger partial charge in [0.15, 0.2) is 0 Å². The number of rotatable bonds is 11. The van der Waals surface area contributed by atoms with Crippen LogP contribution in [0.4, 0.5) is 0 Å². The first-order valence-electron chi connectivity index (χ1n) is 7.35. The Morgan fingerprint density at radius 3 is 2.45 bits per heavy atom. The molecule has 0 spiro atoms. The molecule has 1 aliphatic rings. The van der Waals surface area contributed by atoms with E-state index >= 15 is 0 Å². The van der Waals surface area contributed by atoms with Crippen molar-refractivity contribution in [3.8, 4) is 0 Å². The van der Waals surface area contributed by atoms with Gasteiger partial charge in [-0.2, -0.15) is 17.0 Å². The van der Waals surface area contributed by atoms with E-state index in [9.17, 15) is 8.42 Å². The Bertz CT molecular complexity index is 369. The van der Waals surface area contributed by atoms with E-state index in [2.05, 4.69) is 5.32 Å².